The second-order valence-corrected chi connectivity index (χ2v) is 5.59. The molecule has 108 valence electrons. The first-order valence-corrected chi connectivity index (χ1v) is 7.37. The smallest absolute Gasteiger partial charge is 0.233 e. The van der Waals surface area contributed by atoms with Crippen LogP contribution in [0, 0.1) is 0 Å². The van der Waals surface area contributed by atoms with Crippen LogP contribution in [0.5, 0.6) is 0 Å². The highest BCUT2D eigenvalue weighted by Gasteiger charge is 2.12. The van der Waals surface area contributed by atoms with Crippen LogP contribution in [0.25, 0.3) is 0 Å². The lowest BCUT2D eigenvalue weighted by atomic mass is 10.2. The molecule has 0 saturated heterocycles. The average molecular weight is 286 g/mol. The van der Waals surface area contributed by atoms with E-state index < -0.39 is 0 Å². The number of carbonyl (C=O) groups is 1. The lowest BCUT2D eigenvalue weighted by Crippen LogP contribution is -2.29. The Hall–Kier alpha value is -1.28. The van der Waals surface area contributed by atoms with Crippen molar-refractivity contribution in [2.24, 2.45) is 5.84 Å². The number of rotatable bonds is 8. The SMILES string of the molecule is CC(C)n1c(N)nnc1SCCCCCC(=O)NN. The molecule has 1 amide bonds. The zero-order chi connectivity index (χ0) is 14.3. The summed E-state index contributed by atoms with van der Waals surface area (Å²) in [4.78, 5) is 10.9. The van der Waals surface area contributed by atoms with Gasteiger partial charge in [0.1, 0.15) is 0 Å². The van der Waals surface area contributed by atoms with Crippen molar-refractivity contribution >= 4 is 23.6 Å². The molecule has 1 rings (SSSR count). The fourth-order valence-corrected chi connectivity index (χ4v) is 2.75. The lowest BCUT2D eigenvalue weighted by molar-refractivity contribution is -0.121. The largest absolute Gasteiger partial charge is 0.368 e. The Morgan fingerprint density at radius 3 is 2.74 bits per heavy atom. The lowest BCUT2D eigenvalue weighted by Gasteiger charge is -2.11. The highest BCUT2D eigenvalue weighted by atomic mass is 32.2. The minimum atomic E-state index is -0.111. The number of anilines is 1. The third-order valence-electron chi connectivity index (χ3n) is 2.65. The van der Waals surface area contributed by atoms with Crippen molar-refractivity contribution in [3.8, 4) is 0 Å². The van der Waals surface area contributed by atoms with Crippen molar-refractivity contribution in [2.45, 2.75) is 50.7 Å². The number of nitrogens with one attached hydrogen (secondary N) is 1. The second kappa shape index (κ2) is 8.00. The average Bonchev–Trinajstić information content (AvgIpc) is 2.74. The maximum atomic E-state index is 10.9. The minimum absolute atomic E-state index is 0.111. The number of aromatic nitrogens is 3. The van der Waals surface area contributed by atoms with Gasteiger partial charge >= 0.3 is 0 Å². The topological polar surface area (TPSA) is 112 Å². The molecule has 0 fully saturated rings. The first-order chi connectivity index (χ1) is 9.06. The zero-order valence-corrected chi connectivity index (χ0v) is 12.2. The minimum Gasteiger partial charge on any atom is -0.368 e. The zero-order valence-electron chi connectivity index (χ0n) is 11.4. The molecule has 7 nitrogen and oxygen atoms in total. The summed E-state index contributed by atoms with van der Waals surface area (Å²) in [5, 5.41) is 8.81. The Kier molecular flexibility index (Phi) is 6.65. The summed E-state index contributed by atoms with van der Waals surface area (Å²) in [6.45, 7) is 4.10. The number of amides is 1. The standard InChI is InChI=1S/C11H22N6OS/c1-8(2)17-10(12)15-16-11(17)19-7-5-3-4-6-9(18)14-13/h8H,3-7,13H2,1-2H3,(H2,12,15)(H,14,18). The van der Waals surface area contributed by atoms with Crippen LogP contribution in [0.2, 0.25) is 0 Å². The molecule has 5 N–H and O–H groups in total. The molecule has 0 saturated carbocycles. The number of nitrogens with zero attached hydrogens (tertiary/aromatic N) is 3. The number of hydrogen-bond acceptors (Lipinski definition) is 6. The number of hydrogen-bond donors (Lipinski definition) is 3. The molecular weight excluding hydrogens is 264 g/mol. The van der Waals surface area contributed by atoms with Gasteiger partial charge in [0, 0.05) is 18.2 Å². The highest BCUT2D eigenvalue weighted by molar-refractivity contribution is 7.99. The van der Waals surface area contributed by atoms with E-state index in [0.717, 1.165) is 30.2 Å². The van der Waals surface area contributed by atoms with Gasteiger partial charge in [0.05, 0.1) is 0 Å². The molecule has 1 aromatic heterocycles. The van der Waals surface area contributed by atoms with Gasteiger partial charge in [0.2, 0.25) is 11.9 Å². The molecule has 1 aromatic rings. The molecule has 0 aliphatic carbocycles. The van der Waals surface area contributed by atoms with E-state index in [2.05, 4.69) is 29.5 Å². The van der Waals surface area contributed by atoms with Crippen LogP contribution in [0.1, 0.15) is 45.6 Å². The molecule has 1 heterocycles. The summed E-state index contributed by atoms with van der Waals surface area (Å²) in [7, 11) is 0. The van der Waals surface area contributed by atoms with Gasteiger partial charge < -0.3 is 5.73 Å². The van der Waals surface area contributed by atoms with Crippen LogP contribution in [-0.2, 0) is 4.79 Å². The van der Waals surface area contributed by atoms with E-state index >= 15 is 0 Å². The van der Waals surface area contributed by atoms with E-state index in [-0.39, 0.29) is 11.9 Å². The molecular formula is C11H22N6OS. The number of nitrogen functional groups attached to an aromatic ring is 1. The van der Waals surface area contributed by atoms with E-state index in [0.29, 0.717) is 12.4 Å². The molecule has 0 aliphatic heterocycles. The molecule has 19 heavy (non-hydrogen) atoms. The summed E-state index contributed by atoms with van der Waals surface area (Å²) < 4.78 is 1.92. The number of hydrazine groups is 1. The van der Waals surface area contributed by atoms with Crippen molar-refractivity contribution in [3.05, 3.63) is 0 Å². The molecule has 0 aromatic carbocycles. The van der Waals surface area contributed by atoms with Crippen LogP contribution in [0.3, 0.4) is 0 Å². The quantitative estimate of drug-likeness (QED) is 0.217. The van der Waals surface area contributed by atoms with Gasteiger partial charge in [-0.2, -0.15) is 0 Å². The summed E-state index contributed by atoms with van der Waals surface area (Å²) in [6, 6.07) is 0.255. The fourth-order valence-electron chi connectivity index (χ4n) is 1.67. The van der Waals surface area contributed by atoms with E-state index in [1.54, 1.807) is 11.8 Å². The molecule has 0 unspecified atom stereocenters. The van der Waals surface area contributed by atoms with Crippen LogP contribution >= 0.6 is 11.8 Å². The molecule has 0 bridgehead atoms. The van der Waals surface area contributed by atoms with Crippen molar-refractivity contribution in [2.75, 3.05) is 11.5 Å². The molecule has 0 aliphatic rings. The van der Waals surface area contributed by atoms with Crippen molar-refractivity contribution in [1.29, 1.82) is 0 Å². The Labute approximate surface area is 117 Å². The van der Waals surface area contributed by atoms with Gasteiger partial charge in [-0.3, -0.25) is 14.8 Å². The van der Waals surface area contributed by atoms with E-state index in [1.165, 1.54) is 0 Å². The van der Waals surface area contributed by atoms with Crippen LogP contribution in [0.15, 0.2) is 5.16 Å². The summed E-state index contributed by atoms with van der Waals surface area (Å²) in [5.74, 6) is 6.29. The number of carbonyl (C=O) groups excluding carboxylic acids is 1. The van der Waals surface area contributed by atoms with Gasteiger partial charge in [-0.05, 0) is 26.7 Å². The van der Waals surface area contributed by atoms with Gasteiger partial charge in [0.25, 0.3) is 0 Å². The van der Waals surface area contributed by atoms with Gasteiger partial charge in [0.15, 0.2) is 5.16 Å². The van der Waals surface area contributed by atoms with Gasteiger partial charge in [-0.25, -0.2) is 5.84 Å². The van der Waals surface area contributed by atoms with Gasteiger partial charge in [-0.15, -0.1) is 10.2 Å². The fraction of sp³-hybridized carbons (Fsp3) is 0.727. The number of nitrogens with two attached hydrogens (primary N) is 2. The Morgan fingerprint density at radius 1 is 1.37 bits per heavy atom. The van der Waals surface area contributed by atoms with Crippen LogP contribution < -0.4 is 17.0 Å². The predicted molar refractivity (Wildman–Crippen MR) is 76.3 cm³/mol. The second-order valence-electron chi connectivity index (χ2n) is 4.53. The van der Waals surface area contributed by atoms with Crippen LogP contribution in [0.4, 0.5) is 5.95 Å². The first-order valence-electron chi connectivity index (χ1n) is 6.39. The normalized spacial score (nSPS) is 10.9. The van der Waals surface area contributed by atoms with Crippen LogP contribution in [-0.4, -0.2) is 26.4 Å². The summed E-state index contributed by atoms with van der Waals surface area (Å²) >= 11 is 1.64. The first kappa shape index (κ1) is 15.8. The van der Waals surface area contributed by atoms with Crippen molar-refractivity contribution < 1.29 is 4.79 Å². The van der Waals surface area contributed by atoms with E-state index in [4.69, 9.17) is 11.6 Å². The Balaban J connectivity index is 2.25. The number of thioether (sulfide) groups is 1. The molecule has 0 atom stereocenters. The Bertz CT molecular complexity index is 406. The van der Waals surface area contributed by atoms with E-state index in [1.807, 2.05) is 4.57 Å². The number of unbranched alkanes of at least 4 members (excludes halogenated alkanes) is 2. The van der Waals surface area contributed by atoms with Gasteiger partial charge in [-0.1, -0.05) is 18.2 Å². The maximum absolute atomic E-state index is 10.9. The third-order valence-corrected chi connectivity index (χ3v) is 3.68. The maximum Gasteiger partial charge on any atom is 0.233 e. The summed E-state index contributed by atoms with van der Waals surface area (Å²) in [5.41, 5.74) is 7.89. The molecule has 0 radical (unpaired) electrons. The van der Waals surface area contributed by atoms with Crippen molar-refractivity contribution in [1.82, 2.24) is 20.2 Å². The third kappa shape index (κ3) is 5.07. The molecule has 0 spiro atoms. The van der Waals surface area contributed by atoms with E-state index in [9.17, 15) is 4.79 Å². The molecule has 8 heteroatoms. The predicted octanol–water partition coefficient (Wildman–Crippen LogP) is 1.08. The monoisotopic (exact) mass is 286 g/mol. The van der Waals surface area contributed by atoms with Crippen molar-refractivity contribution in [3.63, 3.8) is 0 Å². The summed E-state index contributed by atoms with van der Waals surface area (Å²) in [6.07, 6.45) is 3.35. The highest BCUT2D eigenvalue weighted by Crippen LogP contribution is 2.23. The Morgan fingerprint density at radius 2 is 2.11 bits per heavy atom.